The van der Waals surface area contributed by atoms with Gasteiger partial charge in [0.05, 0.1) is 18.1 Å². The zero-order valence-corrected chi connectivity index (χ0v) is 14.1. The molecule has 1 atom stereocenters. The van der Waals surface area contributed by atoms with E-state index in [1.165, 1.54) is 24.3 Å². The molecule has 0 aliphatic carbocycles. The summed E-state index contributed by atoms with van der Waals surface area (Å²) in [6.07, 6.45) is -0.927. The van der Waals surface area contributed by atoms with Crippen LogP contribution in [0.1, 0.15) is 10.4 Å². The van der Waals surface area contributed by atoms with Crippen LogP contribution in [0, 0.1) is 10.1 Å². The molecule has 1 N–H and O–H groups in total. The van der Waals surface area contributed by atoms with E-state index in [0.29, 0.717) is 26.3 Å². The second kappa shape index (κ2) is 7.63. The molecule has 0 aromatic heterocycles. The Balaban J connectivity index is 2.22. The summed E-state index contributed by atoms with van der Waals surface area (Å²) in [7, 11) is 0. The number of nitrogens with zero attached hydrogens (tertiary/aromatic N) is 2. The minimum atomic E-state index is -1.80. The van der Waals surface area contributed by atoms with E-state index in [1.807, 2.05) is 0 Å². The van der Waals surface area contributed by atoms with Gasteiger partial charge in [0.1, 0.15) is 11.7 Å². The number of halogens is 3. The van der Waals surface area contributed by atoms with Crippen molar-refractivity contribution in [2.45, 2.75) is 9.96 Å². The van der Waals surface area contributed by atoms with Crippen LogP contribution in [0.3, 0.4) is 0 Å². The monoisotopic (exact) mass is 381 g/mol. The lowest BCUT2D eigenvalue weighted by molar-refractivity contribution is -0.385. The van der Waals surface area contributed by atoms with Gasteiger partial charge < -0.3 is 10.1 Å². The van der Waals surface area contributed by atoms with Crippen LogP contribution in [0.5, 0.6) is 0 Å². The third-order valence-electron chi connectivity index (χ3n) is 3.33. The number of hydrogen-bond acceptors (Lipinski definition) is 5. The van der Waals surface area contributed by atoms with Crippen LogP contribution in [0.25, 0.3) is 0 Å². The summed E-state index contributed by atoms with van der Waals surface area (Å²) in [4.78, 5) is 24.6. The molecular formula is C13H14Cl3N3O4. The van der Waals surface area contributed by atoms with Crippen LogP contribution in [-0.4, -0.2) is 52.0 Å². The Morgan fingerprint density at radius 2 is 1.91 bits per heavy atom. The van der Waals surface area contributed by atoms with Crippen molar-refractivity contribution in [3.8, 4) is 0 Å². The van der Waals surface area contributed by atoms with Crippen LogP contribution < -0.4 is 5.32 Å². The SMILES string of the molecule is O=C(N[C@@H](N1CCOCC1)C(Cl)(Cl)Cl)c1ccccc1[N+](=O)[O-]. The van der Waals surface area contributed by atoms with Crippen molar-refractivity contribution >= 4 is 46.4 Å². The van der Waals surface area contributed by atoms with Gasteiger partial charge in [0, 0.05) is 19.2 Å². The summed E-state index contributed by atoms with van der Waals surface area (Å²) in [5.74, 6) is -0.680. The highest BCUT2D eigenvalue weighted by molar-refractivity contribution is 6.68. The number of ether oxygens (including phenoxy) is 1. The maximum Gasteiger partial charge on any atom is 0.282 e. The van der Waals surface area contributed by atoms with Gasteiger partial charge >= 0.3 is 0 Å². The normalized spacial score (nSPS) is 17.5. The number of carbonyl (C=O) groups excluding carboxylic acids is 1. The number of carbonyl (C=O) groups is 1. The van der Waals surface area contributed by atoms with Gasteiger partial charge in [-0.15, -0.1) is 0 Å². The fourth-order valence-corrected chi connectivity index (χ4v) is 2.82. The molecule has 0 radical (unpaired) electrons. The molecule has 0 saturated carbocycles. The molecule has 126 valence electrons. The van der Waals surface area contributed by atoms with Crippen molar-refractivity contribution < 1.29 is 14.5 Å². The Labute approximate surface area is 147 Å². The molecule has 1 aliphatic rings. The molecule has 1 fully saturated rings. The third-order valence-corrected chi connectivity index (χ3v) is 3.95. The molecule has 0 spiro atoms. The average Bonchev–Trinajstić information content (AvgIpc) is 2.52. The van der Waals surface area contributed by atoms with Crippen molar-refractivity contribution in [2.75, 3.05) is 26.3 Å². The smallest absolute Gasteiger partial charge is 0.282 e. The standard InChI is InChI=1S/C13H14Cl3N3O4/c14-13(15,16)12(18-5-7-23-8-6-18)17-11(20)9-3-1-2-4-10(9)19(21)22/h1-4,12H,5-8H2,(H,17,20)/t12-/m0/s1. The molecule has 1 amide bonds. The third kappa shape index (κ3) is 4.68. The van der Waals surface area contributed by atoms with Gasteiger partial charge in [-0.25, -0.2) is 0 Å². The van der Waals surface area contributed by atoms with Gasteiger partial charge in [0.2, 0.25) is 3.79 Å². The van der Waals surface area contributed by atoms with Gasteiger partial charge in [-0.05, 0) is 6.07 Å². The van der Waals surface area contributed by atoms with Crippen LogP contribution in [0.15, 0.2) is 24.3 Å². The highest BCUT2D eigenvalue weighted by Gasteiger charge is 2.39. The van der Waals surface area contributed by atoms with E-state index in [4.69, 9.17) is 39.5 Å². The summed E-state index contributed by atoms with van der Waals surface area (Å²) in [5.41, 5.74) is -0.403. The van der Waals surface area contributed by atoms with Crippen molar-refractivity contribution in [3.63, 3.8) is 0 Å². The predicted molar refractivity (Wildman–Crippen MR) is 87.0 cm³/mol. The van der Waals surface area contributed by atoms with Crippen molar-refractivity contribution in [1.82, 2.24) is 10.2 Å². The van der Waals surface area contributed by atoms with Crippen molar-refractivity contribution in [3.05, 3.63) is 39.9 Å². The lowest BCUT2D eigenvalue weighted by atomic mass is 10.1. The van der Waals surface area contributed by atoms with Crippen LogP contribution in [0.4, 0.5) is 5.69 Å². The van der Waals surface area contributed by atoms with E-state index >= 15 is 0 Å². The number of morpholine rings is 1. The number of nitrogens with one attached hydrogen (secondary N) is 1. The first-order chi connectivity index (χ1) is 10.8. The number of para-hydroxylation sites is 1. The highest BCUT2D eigenvalue weighted by atomic mass is 35.6. The molecule has 0 unspecified atom stereocenters. The first-order valence-corrected chi connectivity index (χ1v) is 7.87. The van der Waals surface area contributed by atoms with Gasteiger partial charge in [-0.3, -0.25) is 19.8 Å². The minimum Gasteiger partial charge on any atom is -0.379 e. The predicted octanol–water partition coefficient (Wildman–Crippen LogP) is 2.35. The Morgan fingerprint density at radius 1 is 1.30 bits per heavy atom. The zero-order valence-electron chi connectivity index (χ0n) is 11.9. The molecule has 1 aliphatic heterocycles. The fraction of sp³-hybridized carbons (Fsp3) is 0.462. The zero-order chi connectivity index (χ0) is 17.0. The molecule has 1 aromatic carbocycles. The summed E-state index contributed by atoms with van der Waals surface area (Å²) in [6, 6.07) is 5.60. The average molecular weight is 383 g/mol. The summed E-state index contributed by atoms with van der Waals surface area (Å²) in [6.45, 7) is 1.82. The molecule has 1 aromatic rings. The van der Waals surface area contributed by atoms with Gasteiger partial charge in [0.15, 0.2) is 0 Å². The summed E-state index contributed by atoms with van der Waals surface area (Å²) >= 11 is 17.9. The number of rotatable bonds is 4. The van der Waals surface area contributed by atoms with E-state index in [2.05, 4.69) is 5.32 Å². The maximum atomic E-state index is 12.4. The van der Waals surface area contributed by atoms with E-state index in [-0.39, 0.29) is 11.3 Å². The second-order valence-electron chi connectivity index (χ2n) is 4.84. The van der Waals surface area contributed by atoms with Crippen LogP contribution >= 0.6 is 34.8 Å². The van der Waals surface area contributed by atoms with Gasteiger partial charge in [-0.1, -0.05) is 46.9 Å². The molecule has 10 heteroatoms. The lowest BCUT2D eigenvalue weighted by Crippen LogP contribution is -2.58. The lowest BCUT2D eigenvalue weighted by Gasteiger charge is -2.38. The largest absolute Gasteiger partial charge is 0.379 e. The number of benzene rings is 1. The van der Waals surface area contributed by atoms with Crippen LogP contribution in [0.2, 0.25) is 0 Å². The number of nitro groups is 1. The highest BCUT2D eigenvalue weighted by Crippen LogP contribution is 2.33. The summed E-state index contributed by atoms with van der Waals surface area (Å²) < 4.78 is 3.43. The van der Waals surface area contributed by atoms with Crippen LogP contribution in [-0.2, 0) is 4.74 Å². The number of nitro benzene ring substituents is 1. The minimum absolute atomic E-state index is 0.0926. The van der Waals surface area contributed by atoms with E-state index in [1.54, 1.807) is 4.90 Å². The molecule has 23 heavy (non-hydrogen) atoms. The Morgan fingerprint density at radius 3 is 2.48 bits per heavy atom. The molecule has 1 saturated heterocycles. The van der Waals surface area contributed by atoms with E-state index in [0.717, 1.165) is 0 Å². The van der Waals surface area contributed by atoms with E-state index in [9.17, 15) is 14.9 Å². The maximum absolute atomic E-state index is 12.4. The fourth-order valence-electron chi connectivity index (χ4n) is 2.24. The number of hydrogen-bond donors (Lipinski definition) is 1. The molecular weight excluding hydrogens is 369 g/mol. The van der Waals surface area contributed by atoms with Crippen molar-refractivity contribution in [2.24, 2.45) is 0 Å². The second-order valence-corrected chi connectivity index (χ2v) is 7.21. The molecule has 7 nitrogen and oxygen atoms in total. The summed E-state index contributed by atoms with van der Waals surface area (Å²) in [5, 5.41) is 13.6. The molecule has 2 rings (SSSR count). The van der Waals surface area contributed by atoms with Gasteiger partial charge in [0.25, 0.3) is 11.6 Å². The molecule has 0 bridgehead atoms. The first-order valence-electron chi connectivity index (χ1n) is 6.73. The Bertz CT molecular complexity index is 588. The Kier molecular flexibility index (Phi) is 6.05. The van der Waals surface area contributed by atoms with E-state index < -0.39 is 20.8 Å². The number of amides is 1. The molecule has 1 heterocycles. The number of alkyl halides is 3. The quantitative estimate of drug-likeness (QED) is 0.491. The Hall–Kier alpha value is -1.12. The van der Waals surface area contributed by atoms with Crippen molar-refractivity contribution in [1.29, 1.82) is 0 Å². The first kappa shape index (κ1) is 18.2. The van der Waals surface area contributed by atoms with Gasteiger partial charge in [-0.2, -0.15) is 0 Å². The topological polar surface area (TPSA) is 84.7 Å².